The first-order chi connectivity index (χ1) is 9.22. The number of aliphatic hydroxyl groups excluding tert-OH is 1. The van der Waals surface area contributed by atoms with Crippen molar-refractivity contribution >= 4 is 15.9 Å². The Kier molecular flexibility index (Phi) is 5.38. The molecule has 0 spiro atoms. The number of rotatable bonds is 4. The molecular formula is C11H11F3N2O3S. The lowest BCUT2D eigenvalue weighted by Gasteiger charge is -2.11. The predicted octanol–water partition coefficient (Wildman–Crippen LogP) is 0.839. The zero-order chi connectivity index (χ0) is 15.2. The molecule has 0 aliphatic carbocycles. The van der Waals surface area contributed by atoms with Crippen molar-refractivity contribution in [3.8, 4) is 11.8 Å². The molecule has 0 saturated heterocycles. The van der Waals surface area contributed by atoms with E-state index in [0.29, 0.717) is 5.56 Å². The Hall–Kier alpha value is -1.76. The fraction of sp³-hybridized carbons (Fsp3) is 0.273. The third-order valence-corrected chi connectivity index (χ3v) is 2.92. The molecule has 20 heavy (non-hydrogen) atoms. The summed E-state index contributed by atoms with van der Waals surface area (Å²) in [5.41, 5.74) is 0.472. The van der Waals surface area contributed by atoms with Crippen molar-refractivity contribution in [2.75, 3.05) is 17.9 Å². The number of halogens is 3. The molecule has 1 aromatic rings. The summed E-state index contributed by atoms with van der Waals surface area (Å²) in [6, 6.07) is 5.72. The van der Waals surface area contributed by atoms with Crippen LogP contribution in [0.5, 0.6) is 0 Å². The van der Waals surface area contributed by atoms with Crippen molar-refractivity contribution in [3.63, 3.8) is 0 Å². The van der Waals surface area contributed by atoms with Crippen LogP contribution in [0.1, 0.15) is 5.56 Å². The second-order valence-electron chi connectivity index (χ2n) is 3.58. The van der Waals surface area contributed by atoms with Gasteiger partial charge < -0.3 is 5.11 Å². The molecule has 0 radical (unpaired) electrons. The molecule has 5 nitrogen and oxygen atoms in total. The molecule has 0 aliphatic heterocycles. The third-order valence-electron chi connectivity index (χ3n) is 1.89. The highest BCUT2D eigenvalue weighted by Gasteiger charge is 2.29. The van der Waals surface area contributed by atoms with Gasteiger partial charge >= 0.3 is 6.18 Å². The number of hydrogen-bond acceptors (Lipinski definition) is 3. The quantitative estimate of drug-likeness (QED) is 0.721. The summed E-state index contributed by atoms with van der Waals surface area (Å²) < 4.78 is 61.9. The fourth-order valence-electron chi connectivity index (χ4n) is 1.17. The SMILES string of the molecule is O=S(=O)(NCC(F)(F)F)Nc1cccc(C#CCO)c1. The molecule has 0 unspecified atom stereocenters. The van der Waals surface area contributed by atoms with Crippen LogP contribution in [-0.4, -0.2) is 32.9 Å². The van der Waals surface area contributed by atoms with E-state index in [1.165, 1.54) is 22.9 Å². The minimum absolute atomic E-state index is 0.0596. The minimum Gasteiger partial charge on any atom is -0.384 e. The van der Waals surface area contributed by atoms with Gasteiger partial charge in [0.2, 0.25) is 0 Å². The highest BCUT2D eigenvalue weighted by atomic mass is 32.2. The molecule has 0 atom stereocenters. The van der Waals surface area contributed by atoms with E-state index in [-0.39, 0.29) is 12.3 Å². The van der Waals surface area contributed by atoms with Gasteiger partial charge in [0.15, 0.2) is 0 Å². The molecule has 0 aliphatic rings. The number of benzene rings is 1. The van der Waals surface area contributed by atoms with Crippen LogP contribution in [0.3, 0.4) is 0 Å². The summed E-state index contributed by atoms with van der Waals surface area (Å²) in [5.74, 6) is 4.91. The third kappa shape index (κ3) is 6.42. The van der Waals surface area contributed by atoms with Gasteiger partial charge in [0, 0.05) is 5.56 Å². The molecule has 0 saturated carbocycles. The van der Waals surface area contributed by atoms with Crippen molar-refractivity contribution in [3.05, 3.63) is 29.8 Å². The maximum atomic E-state index is 11.9. The topological polar surface area (TPSA) is 78.4 Å². The molecule has 0 heterocycles. The number of hydrogen-bond donors (Lipinski definition) is 3. The lowest BCUT2D eigenvalue weighted by Crippen LogP contribution is -2.37. The van der Waals surface area contributed by atoms with Gasteiger partial charge in [0.05, 0.1) is 5.69 Å². The van der Waals surface area contributed by atoms with Crippen LogP contribution >= 0.6 is 0 Å². The first-order valence-electron chi connectivity index (χ1n) is 5.26. The van der Waals surface area contributed by atoms with Gasteiger partial charge in [0.25, 0.3) is 10.2 Å². The molecule has 110 valence electrons. The van der Waals surface area contributed by atoms with Gasteiger partial charge in [-0.25, -0.2) is 0 Å². The highest BCUT2D eigenvalue weighted by Crippen LogP contribution is 2.14. The predicted molar refractivity (Wildman–Crippen MR) is 67.0 cm³/mol. The van der Waals surface area contributed by atoms with Crippen molar-refractivity contribution < 1.29 is 26.7 Å². The first-order valence-corrected chi connectivity index (χ1v) is 6.74. The molecule has 1 aromatic carbocycles. The normalized spacial score (nSPS) is 11.6. The lowest BCUT2D eigenvalue weighted by molar-refractivity contribution is -0.121. The monoisotopic (exact) mass is 308 g/mol. The second kappa shape index (κ2) is 6.60. The van der Waals surface area contributed by atoms with E-state index in [9.17, 15) is 21.6 Å². The summed E-state index contributed by atoms with van der Waals surface area (Å²) in [6.45, 7) is -2.02. The Morgan fingerprint density at radius 1 is 1.30 bits per heavy atom. The van der Waals surface area contributed by atoms with Crippen molar-refractivity contribution in [1.29, 1.82) is 0 Å². The molecule has 9 heteroatoms. The van der Waals surface area contributed by atoms with Gasteiger partial charge in [-0.05, 0) is 18.2 Å². The molecule has 0 fully saturated rings. The van der Waals surface area contributed by atoms with Crippen LogP contribution in [0.15, 0.2) is 24.3 Å². The average molecular weight is 308 g/mol. The average Bonchev–Trinajstić information content (AvgIpc) is 2.33. The zero-order valence-corrected chi connectivity index (χ0v) is 10.8. The van der Waals surface area contributed by atoms with Crippen molar-refractivity contribution in [1.82, 2.24) is 4.72 Å². The lowest BCUT2D eigenvalue weighted by atomic mass is 10.2. The van der Waals surface area contributed by atoms with Gasteiger partial charge in [-0.15, -0.1) is 0 Å². The second-order valence-corrected chi connectivity index (χ2v) is 5.08. The standard InChI is InChI=1S/C11H11F3N2O3S/c12-11(13,14)8-15-20(18,19)16-10-5-1-3-9(7-10)4-2-6-17/h1,3,5,7,15-17H,6,8H2. The van der Waals surface area contributed by atoms with Crippen LogP contribution < -0.4 is 9.44 Å². The van der Waals surface area contributed by atoms with Crippen molar-refractivity contribution in [2.45, 2.75) is 6.18 Å². The molecular weight excluding hydrogens is 297 g/mol. The Morgan fingerprint density at radius 2 is 2.00 bits per heavy atom. The van der Waals surface area contributed by atoms with E-state index in [0.717, 1.165) is 0 Å². The molecule has 0 bridgehead atoms. The van der Waals surface area contributed by atoms with Gasteiger partial charge in [-0.3, -0.25) is 4.72 Å². The highest BCUT2D eigenvalue weighted by molar-refractivity contribution is 7.90. The van der Waals surface area contributed by atoms with E-state index in [1.807, 2.05) is 4.72 Å². The number of aliphatic hydroxyl groups is 1. The van der Waals surface area contributed by atoms with Gasteiger partial charge in [-0.2, -0.15) is 26.3 Å². The molecule has 0 amide bonds. The zero-order valence-electron chi connectivity index (χ0n) is 10.0. The van der Waals surface area contributed by atoms with Crippen LogP contribution in [0.25, 0.3) is 0 Å². The maximum absolute atomic E-state index is 11.9. The number of anilines is 1. The van der Waals surface area contributed by atoms with Crippen LogP contribution in [0.2, 0.25) is 0 Å². The summed E-state index contributed by atoms with van der Waals surface area (Å²) in [4.78, 5) is 0. The van der Waals surface area contributed by atoms with E-state index < -0.39 is 22.9 Å². The molecule has 1 rings (SSSR count). The Bertz CT molecular complexity index is 618. The van der Waals surface area contributed by atoms with E-state index in [2.05, 4.69) is 11.8 Å². The smallest absolute Gasteiger partial charge is 0.384 e. The fourth-order valence-corrected chi connectivity index (χ4v) is 2.03. The molecule has 0 aromatic heterocycles. The maximum Gasteiger partial charge on any atom is 0.402 e. The van der Waals surface area contributed by atoms with Crippen LogP contribution in [-0.2, 0) is 10.2 Å². The van der Waals surface area contributed by atoms with E-state index in [4.69, 9.17) is 5.11 Å². The number of nitrogens with one attached hydrogen (secondary N) is 2. The number of alkyl halides is 3. The van der Waals surface area contributed by atoms with Crippen molar-refractivity contribution in [2.24, 2.45) is 0 Å². The van der Waals surface area contributed by atoms with Gasteiger partial charge in [-0.1, -0.05) is 17.9 Å². The Balaban J connectivity index is 2.77. The largest absolute Gasteiger partial charge is 0.402 e. The summed E-state index contributed by atoms with van der Waals surface area (Å²) in [5, 5.41) is 8.53. The molecule has 3 N–H and O–H groups in total. The summed E-state index contributed by atoms with van der Waals surface area (Å²) in [7, 11) is -4.32. The Labute approximate surface area is 114 Å². The Morgan fingerprint density at radius 3 is 2.60 bits per heavy atom. The van der Waals surface area contributed by atoms with Crippen LogP contribution in [0, 0.1) is 11.8 Å². The first kappa shape index (κ1) is 16.3. The summed E-state index contributed by atoms with van der Waals surface area (Å²) >= 11 is 0. The minimum atomic E-state index is -4.64. The van der Waals surface area contributed by atoms with Crippen LogP contribution in [0.4, 0.5) is 18.9 Å². The van der Waals surface area contributed by atoms with Gasteiger partial charge in [0.1, 0.15) is 13.2 Å². The van der Waals surface area contributed by atoms with E-state index >= 15 is 0 Å². The summed E-state index contributed by atoms with van der Waals surface area (Å²) in [6.07, 6.45) is -4.64. The van der Waals surface area contributed by atoms with E-state index in [1.54, 1.807) is 6.07 Å².